The molecule has 5 aliphatic rings. The van der Waals surface area contributed by atoms with Gasteiger partial charge in [-0.2, -0.15) is 24.9 Å². The molecular weight excluding hydrogens is 1460 g/mol. The minimum Gasteiger partial charge on any atom is -0.366 e. The van der Waals surface area contributed by atoms with E-state index in [2.05, 4.69) is 151 Å². The van der Waals surface area contributed by atoms with Crippen molar-refractivity contribution in [1.29, 1.82) is 0 Å². The molecule has 20 N–H and O–H groups in total. The van der Waals surface area contributed by atoms with Gasteiger partial charge in [0.15, 0.2) is 0 Å². The number of carbonyl (C=O) groups is 5. The van der Waals surface area contributed by atoms with Crippen molar-refractivity contribution in [1.82, 2.24) is 49.8 Å². The number of nitrogens with two attached hydrogens (primary N) is 5. The summed E-state index contributed by atoms with van der Waals surface area (Å²) in [5, 5.41) is 31.1. The summed E-state index contributed by atoms with van der Waals surface area (Å²) >= 11 is 0. The van der Waals surface area contributed by atoms with Gasteiger partial charge in [0.05, 0.1) is 29.2 Å². The van der Waals surface area contributed by atoms with E-state index in [4.69, 9.17) is 46.5 Å². The van der Waals surface area contributed by atoms with Crippen molar-refractivity contribution in [3.8, 4) is 0 Å². The minimum absolute atomic E-state index is 0. The molecule has 15 atom stereocenters. The van der Waals surface area contributed by atoms with Crippen LogP contribution in [0, 0.1) is 59.1 Å². The van der Waals surface area contributed by atoms with Crippen LogP contribution in [0.4, 0.5) is 58.8 Å². The Morgan fingerprint density at radius 3 is 0.741 bits per heavy atom. The number of anilines is 10. The van der Waals surface area contributed by atoms with Gasteiger partial charge in [-0.1, -0.05) is 76.7 Å². The quantitative estimate of drug-likeness (QED) is 0.0344. The summed E-state index contributed by atoms with van der Waals surface area (Å²) in [5.41, 5.74) is 24.1. The van der Waals surface area contributed by atoms with Crippen LogP contribution < -0.4 is 81.8 Å². The lowest BCUT2D eigenvalue weighted by molar-refractivity contribution is 0.0991. The summed E-state index contributed by atoms with van der Waals surface area (Å²) < 4.78 is 103. The Balaban J connectivity index is 0.000000285. The highest BCUT2D eigenvalue weighted by Crippen LogP contribution is 2.37. The molecule has 30 nitrogen and oxygen atoms in total. The first-order valence-electron chi connectivity index (χ1n) is 46.9. The first-order valence-corrected chi connectivity index (χ1v) is 40.4. The molecule has 648 valence electrons. The topological polar surface area (TPSA) is 465 Å². The van der Waals surface area contributed by atoms with E-state index in [0.717, 1.165) is 64.2 Å². The van der Waals surface area contributed by atoms with Gasteiger partial charge < -0.3 is 81.8 Å². The molecule has 5 amide bonds. The highest BCUT2D eigenvalue weighted by atomic mass is 16.2. The highest BCUT2D eigenvalue weighted by Gasteiger charge is 2.33. The fraction of sp³-hybridized carbons (Fsp3) is 0.709. The lowest BCUT2D eigenvalue weighted by Crippen LogP contribution is -2.32. The number of primary amides is 5. The largest absolute Gasteiger partial charge is 0.366 e. The Hall–Kier alpha value is -9.25. The summed E-state index contributed by atoms with van der Waals surface area (Å²) in [6, 6.07) is -0.610. The Labute approximate surface area is 711 Å². The normalized spacial score (nSPS) is 29.3. The maximum Gasteiger partial charge on any atom is 0.254 e. The van der Waals surface area contributed by atoms with Crippen LogP contribution in [-0.4, -0.2) is 137 Å². The van der Waals surface area contributed by atoms with Crippen LogP contribution in [0.3, 0.4) is 0 Å². The van der Waals surface area contributed by atoms with Crippen molar-refractivity contribution in [3.05, 3.63) is 58.8 Å². The Bertz CT molecular complexity index is 4500. The molecule has 10 rings (SSSR count). The average molecular weight is 1630 g/mol. The smallest absolute Gasteiger partial charge is 0.254 e. The van der Waals surface area contributed by atoms with E-state index in [1.807, 2.05) is 62.3 Å². The third-order valence-electron chi connectivity index (χ3n) is 21.3. The summed E-state index contributed by atoms with van der Waals surface area (Å²) in [5.74, 6) is 1.34. The summed E-state index contributed by atoms with van der Waals surface area (Å²) in [6.07, 6.45) is 19.6. The minimum atomic E-state index is -2.27. The highest BCUT2D eigenvalue weighted by molar-refractivity contribution is 6.00. The zero-order chi connectivity index (χ0) is 97.2. The van der Waals surface area contributed by atoms with Gasteiger partial charge in [-0.15, -0.1) is 0 Å². The maximum absolute atomic E-state index is 11.8. The van der Waals surface area contributed by atoms with Crippen molar-refractivity contribution < 1.29 is 41.8 Å². The zero-order valence-corrected chi connectivity index (χ0v) is 72.2. The molecule has 5 aromatic heterocycles. The molecule has 5 saturated carbocycles. The standard InChI is InChI=1S/5C17H29N5O.CH4/c5*1-10-6-7-12(8-11(10)2)20-15-13(14(18)23)9-19-16(21-15)22-17(3,4)5;/h5*9-12H,6-8H2,1-5H3,(H2,18,23)(H2,19,20,21,22);1H4/t5*10-,11-,12-;/m11111./s1/i2*3D3,11D;12D;11D;3D3;. The van der Waals surface area contributed by atoms with Gasteiger partial charge in [0.1, 0.15) is 29.1 Å². The van der Waals surface area contributed by atoms with E-state index in [-0.39, 0.29) is 112 Å². The Kier molecular flexibility index (Phi) is 28.4. The van der Waals surface area contributed by atoms with Gasteiger partial charge in [0.25, 0.3) is 29.5 Å². The molecule has 5 heterocycles. The fourth-order valence-corrected chi connectivity index (χ4v) is 13.8. The van der Waals surface area contributed by atoms with Gasteiger partial charge in [-0.25, -0.2) is 24.9 Å². The summed E-state index contributed by atoms with van der Waals surface area (Å²) in [6.45, 7) is 35.4. The first kappa shape index (κ1) is 78.0. The van der Waals surface area contributed by atoms with Crippen molar-refractivity contribution in [3.63, 3.8) is 0 Å². The van der Waals surface area contributed by atoms with Crippen LogP contribution in [0.15, 0.2) is 31.0 Å². The van der Waals surface area contributed by atoms with E-state index >= 15 is 0 Å². The third-order valence-corrected chi connectivity index (χ3v) is 21.3. The molecule has 0 bridgehead atoms. The molecule has 0 unspecified atom stereocenters. The van der Waals surface area contributed by atoms with Gasteiger partial charge in [0.2, 0.25) is 29.7 Å². The first-order chi connectivity index (χ1) is 58.3. The van der Waals surface area contributed by atoms with Gasteiger partial charge >= 0.3 is 0 Å². The van der Waals surface area contributed by atoms with E-state index in [9.17, 15) is 24.0 Å². The second-order valence-corrected chi connectivity index (χ2v) is 36.2. The molecule has 5 fully saturated rings. The van der Waals surface area contributed by atoms with Crippen LogP contribution in [0.2, 0.25) is 0 Å². The number of nitrogens with one attached hydrogen (secondary N) is 10. The molecule has 0 saturated heterocycles. The van der Waals surface area contributed by atoms with Crippen molar-refractivity contribution >= 4 is 88.4 Å². The van der Waals surface area contributed by atoms with Gasteiger partial charge in [0, 0.05) is 105 Å². The Morgan fingerprint density at radius 2 is 0.526 bits per heavy atom. The number of aromatic nitrogens is 10. The molecule has 5 aliphatic carbocycles. The van der Waals surface area contributed by atoms with Gasteiger partial charge in [-0.05, 0) is 259 Å². The average Bonchev–Trinajstić information content (AvgIpc) is 0.759. The molecule has 5 aromatic rings. The number of carbonyl (C=O) groups excluding carboxylic acids is 5. The fourth-order valence-electron chi connectivity index (χ4n) is 13.8. The number of hydrogen-bond acceptors (Lipinski definition) is 25. The lowest BCUT2D eigenvalue weighted by atomic mass is 9.79. The molecule has 116 heavy (non-hydrogen) atoms. The molecule has 30 heteroatoms. The predicted octanol–water partition coefficient (Wildman–Crippen LogP) is 15.7. The van der Waals surface area contributed by atoms with E-state index < -0.39 is 90.4 Å². The van der Waals surface area contributed by atoms with Gasteiger partial charge in [-0.3, -0.25) is 24.0 Å². The molecule has 0 aliphatic heterocycles. The molecule has 0 aromatic carbocycles. The SMILES string of the molecule is C.[2H]C([2H])([2H])C(C)(C)Nc1ncc(C(N)=O)c(N[C@@H]2CC[C@@H](C)[C@H](C)C2)n1.[2H]C([2H])([2H])C(C)(C)Nc1ncc(C(N)=O)c(N[C@@H]2CC[C@@H](C)[C@]([2H])(C)C2)n1.[2H]C([2H])([2H])C(C)(C)Nc1ncc(C(N)=O)c(N[C@@H]2CC[C@@H](C)[C@]([2H])(C)C2)n1.[2H][C@@]1(C)C[C@H](Nc2nc(NC(C)(C)C)ncc2C(N)=O)CC[C@H]1C.[2H][C@@]1(Nc2nc(NC(C)(C)C)ncc2C(N)=O)CC[C@@H](C)[C@H](C)C1. The molecule has 0 spiro atoms. The molecule has 0 radical (unpaired) electrons. The zero-order valence-electron chi connectivity index (χ0n) is 85.2. The van der Waals surface area contributed by atoms with Crippen LogP contribution >= 0.6 is 0 Å². The number of amides is 5. The van der Waals surface area contributed by atoms with E-state index in [1.54, 1.807) is 13.8 Å². The second-order valence-electron chi connectivity index (χ2n) is 36.2. The second kappa shape index (κ2) is 42.2. The Morgan fingerprint density at radius 1 is 0.310 bits per heavy atom. The van der Waals surface area contributed by atoms with Crippen molar-refractivity contribution in [2.45, 2.75) is 334 Å². The predicted molar refractivity (Wildman–Crippen MR) is 474 cm³/mol. The number of hydrogen-bond donors (Lipinski definition) is 15. The van der Waals surface area contributed by atoms with E-state index in [1.165, 1.54) is 58.7 Å². The maximum atomic E-state index is 11.8. The van der Waals surface area contributed by atoms with Crippen LogP contribution in [0.25, 0.3) is 0 Å². The van der Waals surface area contributed by atoms with Crippen LogP contribution in [0.1, 0.15) is 346 Å². The van der Waals surface area contributed by atoms with Crippen LogP contribution in [0.5, 0.6) is 0 Å². The monoisotopic (exact) mass is 1630 g/mol. The van der Waals surface area contributed by atoms with Crippen molar-refractivity contribution in [2.24, 2.45) is 87.8 Å². The number of rotatable bonds is 20. The lowest BCUT2D eigenvalue weighted by Gasteiger charge is -2.33. The third kappa shape index (κ3) is 32.7. The summed E-state index contributed by atoms with van der Waals surface area (Å²) in [4.78, 5) is 101. The summed E-state index contributed by atoms with van der Waals surface area (Å²) in [7, 11) is 0. The molecular formula is C86H149N25O5. The number of nitrogens with zero attached hydrogens (tertiary/aromatic N) is 10. The van der Waals surface area contributed by atoms with E-state index in [0.29, 0.717) is 91.0 Å². The van der Waals surface area contributed by atoms with Crippen molar-refractivity contribution in [2.75, 3.05) is 53.2 Å². The van der Waals surface area contributed by atoms with Crippen LogP contribution in [-0.2, 0) is 0 Å².